The molecule has 1 N–H and O–H groups in total. The molecular weight excluding hydrogens is 460 g/mol. The van der Waals surface area contributed by atoms with E-state index in [0.717, 1.165) is 49.5 Å². The Balaban J connectivity index is 1.54. The number of aryl methyl sites for hydroxylation is 2. The van der Waals surface area contributed by atoms with Crippen LogP contribution in [0.1, 0.15) is 22.5 Å². The molecule has 35 heavy (non-hydrogen) atoms. The minimum atomic E-state index is -3.71. The number of para-hydroxylation sites is 1. The first-order chi connectivity index (χ1) is 16.7. The Morgan fingerprint density at radius 1 is 1.00 bits per heavy atom. The highest BCUT2D eigenvalue weighted by Crippen LogP contribution is 2.28. The summed E-state index contributed by atoms with van der Waals surface area (Å²) in [6.45, 7) is 5.69. The molecule has 0 unspecified atom stereocenters. The van der Waals surface area contributed by atoms with Gasteiger partial charge in [0.15, 0.2) is 0 Å². The molecule has 0 spiro atoms. The first-order valence-electron chi connectivity index (χ1n) is 11.2. The van der Waals surface area contributed by atoms with E-state index in [1.165, 1.54) is 0 Å². The highest BCUT2D eigenvalue weighted by molar-refractivity contribution is 7.92. The van der Waals surface area contributed by atoms with Crippen LogP contribution in [0.3, 0.4) is 0 Å². The van der Waals surface area contributed by atoms with Gasteiger partial charge in [-0.05, 0) is 49.9 Å². The maximum absolute atomic E-state index is 12.7. The molecule has 180 valence electrons. The summed E-state index contributed by atoms with van der Waals surface area (Å²) in [5, 5.41) is 5.74. The highest BCUT2D eigenvalue weighted by atomic mass is 32.2. The number of nitrogens with one attached hydrogen (secondary N) is 1. The van der Waals surface area contributed by atoms with Crippen LogP contribution < -0.4 is 9.73 Å². The van der Waals surface area contributed by atoms with Gasteiger partial charge in [-0.25, -0.2) is 13.8 Å². The van der Waals surface area contributed by atoms with Gasteiger partial charge in [0.1, 0.15) is 6.54 Å². The third kappa shape index (κ3) is 5.12. The maximum atomic E-state index is 12.7. The number of rotatable bonds is 7. The van der Waals surface area contributed by atoms with Crippen molar-refractivity contribution < 1.29 is 13.2 Å². The summed E-state index contributed by atoms with van der Waals surface area (Å²) in [6, 6.07) is 22.9. The minimum absolute atomic E-state index is 0.383. The van der Waals surface area contributed by atoms with E-state index in [0.29, 0.717) is 5.69 Å². The van der Waals surface area contributed by atoms with Crippen molar-refractivity contribution in [3.63, 3.8) is 0 Å². The molecule has 1 amide bonds. The number of carbonyl (C=O) groups is 1. The van der Waals surface area contributed by atoms with E-state index < -0.39 is 15.9 Å². The molecule has 8 heteroatoms. The van der Waals surface area contributed by atoms with Gasteiger partial charge in [0, 0.05) is 28.0 Å². The number of sulfonamides is 1. The van der Waals surface area contributed by atoms with Gasteiger partial charge in [-0.2, -0.15) is 5.10 Å². The molecule has 0 fully saturated rings. The Kier molecular flexibility index (Phi) is 6.75. The van der Waals surface area contributed by atoms with Gasteiger partial charge in [-0.1, -0.05) is 54.6 Å². The average molecular weight is 489 g/mol. The van der Waals surface area contributed by atoms with Crippen LogP contribution in [0.2, 0.25) is 0 Å². The van der Waals surface area contributed by atoms with Crippen molar-refractivity contribution in [1.29, 1.82) is 0 Å². The summed E-state index contributed by atoms with van der Waals surface area (Å²) < 4.78 is 28.4. The molecule has 4 aromatic rings. The lowest BCUT2D eigenvalue weighted by Crippen LogP contribution is -2.39. The zero-order valence-corrected chi connectivity index (χ0v) is 21.0. The van der Waals surface area contributed by atoms with E-state index in [2.05, 4.69) is 34.2 Å². The fourth-order valence-corrected chi connectivity index (χ4v) is 5.12. The normalized spacial score (nSPS) is 11.8. The smallest absolute Gasteiger partial charge is 0.260 e. The summed E-state index contributed by atoms with van der Waals surface area (Å²) in [4.78, 5) is 12.7. The van der Waals surface area contributed by atoms with Gasteiger partial charge in [0.05, 0.1) is 18.2 Å². The van der Waals surface area contributed by atoms with Gasteiger partial charge in [-0.15, -0.1) is 0 Å². The van der Waals surface area contributed by atoms with E-state index in [4.69, 9.17) is 0 Å². The van der Waals surface area contributed by atoms with Crippen LogP contribution in [0.4, 0.5) is 5.69 Å². The Labute approximate surface area is 205 Å². The predicted octanol–water partition coefficient (Wildman–Crippen LogP) is 4.47. The topological polar surface area (TPSA) is 83.8 Å². The lowest BCUT2D eigenvalue weighted by Gasteiger charge is -2.23. The number of anilines is 1. The standard InChI is InChI=1S/C27H28N4O3S/c1-19-10-5-8-14-25(19)31-20(2)16-23(21(31)3)17-28-29-27(32)18-30(35(4,33)34)26-15-9-12-22-11-6-7-13-24(22)26/h5-17H,18H2,1-4H3,(H,29,32)/b28-17-. The highest BCUT2D eigenvalue weighted by Gasteiger charge is 2.22. The van der Waals surface area contributed by atoms with E-state index in [-0.39, 0.29) is 6.54 Å². The first-order valence-corrected chi connectivity index (χ1v) is 13.0. The van der Waals surface area contributed by atoms with Gasteiger partial charge in [-0.3, -0.25) is 9.10 Å². The largest absolute Gasteiger partial charge is 0.318 e. The number of aromatic nitrogens is 1. The predicted molar refractivity (Wildman–Crippen MR) is 142 cm³/mol. The van der Waals surface area contributed by atoms with E-state index >= 15 is 0 Å². The van der Waals surface area contributed by atoms with Crippen molar-refractivity contribution >= 4 is 38.6 Å². The number of hydrogen-bond acceptors (Lipinski definition) is 4. The van der Waals surface area contributed by atoms with Crippen LogP contribution in [-0.4, -0.2) is 37.9 Å². The molecular formula is C27H28N4O3S. The molecule has 0 atom stereocenters. The second-order valence-electron chi connectivity index (χ2n) is 8.51. The number of fused-ring (bicyclic) bond motifs is 1. The third-order valence-corrected chi connectivity index (χ3v) is 7.07. The fraction of sp³-hybridized carbons (Fsp3) is 0.185. The van der Waals surface area contributed by atoms with Crippen molar-refractivity contribution in [3.05, 3.63) is 95.3 Å². The first kappa shape index (κ1) is 24.2. The van der Waals surface area contributed by atoms with E-state index in [1.54, 1.807) is 18.3 Å². The molecule has 3 aromatic carbocycles. The van der Waals surface area contributed by atoms with Crippen molar-refractivity contribution in [2.45, 2.75) is 20.8 Å². The monoisotopic (exact) mass is 488 g/mol. The summed E-state index contributed by atoms with van der Waals surface area (Å²) in [5.74, 6) is -0.535. The van der Waals surface area contributed by atoms with Crippen molar-refractivity contribution in [1.82, 2.24) is 9.99 Å². The van der Waals surface area contributed by atoms with Crippen LogP contribution in [0.15, 0.2) is 77.9 Å². The van der Waals surface area contributed by atoms with Crippen molar-refractivity contribution in [2.75, 3.05) is 17.1 Å². The van der Waals surface area contributed by atoms with Gasteiger partial charge in [0.25, 0.3) is 5.91 Å². The van der Waals surface area contributed by atoms with Crippen molar-refractivity contribution in [3.8, 4) is 5.69 Å². The van der Waals surface area contributed by atoms with Crippen molar-refractivity contribution in [2.24, 2.45) is 5.10 Å². The molecule has 4 rings (SSSR count). The summed E-state index contributed by atoms with van der Waals surface area (Å²) in [6.07, 6.45) is 2.67. The lowest BCUT2D eigenvalue weighted by atomic mass is 10.1. The quantitative estimate of drug-likeness (QED) is 0.308. The number of nitrogens with zero attached hydrogens (tertiary/aromatic N) is 3. The number of amides is 1. The Morgan fingerprint density at radius 2 is 1.69 bits per heavy atom. The molecule has 0 saturated carbocycles. The molecule has 0 aliphatic carbocycles. The average Bonchev–Trinajstić information content (AvgIpc) is 3.09. The molecule has 1 aromatic heterocycles. The molecule has 0 saturated heterocycles. The molecule has 0 aliphatic rings. The van der Waals surface area contributed by atoms with Gasteiger partial charge in [0.2, 0.25) is 10.0 Å². The molecule has 7 nitrogen and oxygen atoms in total. The second-order valence-corrected chi connectivity index (χ2v) is 10.4. The zero-order valence-electron chi connectivity index (χ0n) is 20.2. The number of hydrazone groups is 1. The zero-order chi connectivity index (χ0) is 25.2. The number of hydrogen-bond donors (Lipinski definition) is 1. The van der Waals surface area contributed by atoms with Crippen LogP contribution in [0.5, 0.6) is 0 Å². The summed E-state index contributed by atoms with van der Waals surface area (Å²) in [5.41, 5.74) is 8.06. The number of carbonyl (C=O) groups excluding carboxylic acids is 1. The SMILES string of the molecule is Cc1ccccc1-n1c(C)cc(/C=N\NC(=O)CN(c2cccc3ccccc23)S(C)(=O)=O)c1C. The van der Waals surface area contributed by atoms with Crippen LogP contribution >= 0.6 is 0 Å². The van der Waals surface area contributed by atoms with E-state index in [1.807, 2.05) is 62.4 Å². The van der Waals surface area contributed by atoms with Crippen LogP contribution in [0.25, 0.3) is 16.5 Å². The minimum Gasteiger partial charge on any atom is -0.318 e. The van der Waals surface area contributed by atoms with Crippen LogP contribution in [0, 0.1) is 20.8 Å². The fourth-order valence-electron chi connectivity index (χ4n) is 4.25. The molecule has 0 aliphatic heterocycles. The van der Waals surface area contributed by atoms with Crippen LogP contribution in [-0.2, 0) is 14.8 Å². The Bertz CT molecular complexity index is 1530. The molecule has 1 heterocycles. The molecule has 0 radical (unpaired) electrons. The maximum Gasteiger partial charge on any atom is 0.260 e. The van der Waals surface area contributed by atoms with E-state index in [9.17, 15) is 13.2 Å². The molecule has 0 bridgehead atoms. The lowest BCUT2D eigenvalue weighted by molar-refractivity contribution is -0.119. The van der Waals surface area contributed by atoms with Gasteiger partial charge < -0.3 is 4.57 Å². The van der Waals surface area contributed by atoms with Gasteiger partial charge >= 0.3 is 0 Å². The Morgan fingerprint density at radius 3 is 2.43 bits per heavy atom. The third-order valence-electron chi connectivity index (χ3n) is 5.94. The number of benzene rings is 3. The second kappa shape index (κ2) is 9.76. The Hall–Kier alpha value is -3.91. The summed E-state index contributed by atoms with van der Waals surface area (Å²) >= 11 is 0. The summed E-state index contributed by atoms with van der Waals surface area (Å²) in [7, 11) is -3.71.